The smallest absolute Gasteiger partial charge is 0.273 e. The van der Waals surface area contributed by atoms with Crippen LogP contribution in [0.2, 0.25) is 5.02 Å². The quantitative estimate of drug-likeness (QED) is 0.535. The Morgan fingerprint density at radius 3 is 2.61 bits per heavy atom. The number of hydrogen-bond acceptors (Lipinski definition) is 2. The summed E-state index contributed by atoms with van der Waals surface area (Å²) in [5.41, 5.74) is 3.87. The molecule has 1 N–H and O–H groups in total. The van der Waals surface area contributed by atoms with Gasteiger partial charge in [0.25, 0.3) is 5.82 Å². The van der Waals surface area contributed by atoms with Crippen LogP contribution in [0, 0.1) is 4.77 Å². The van der Waals surface area contributed by atoms with Gasteiger partial charge in [-0.25, -0.2) is 0 Å². The lowest BCUT2D eigenvalue weighted by Gasteiger charge is -2.09. The van der Waals surface area contributed by atoms with Gasteiger partial charge in [0.2, 0.25) is 0 Å². The Morgan fingerprint density at radius 2 is 1.83 bits per heavy atom. The van der Waals surface area contributed by atoms with Crippen LogP contribution in [0.25, 0.3) is 5.69 Å². The molecule has 1 aliphatic heterocycles. The predicted octanol–water partition coefficient (Wildman–Crippen LogP) is 3.36. The maximum atomic E-state index is 6.41. The fraction of sp³-hybridized carbons (Fsp3) is 0.118. The Balaban J connectivity index is 2.04. The van der Waals surface area contributed by atoms with Gasteiger partial charge in [0.1, 0.15) is 12.2 Å². The van der Waals surface area contributed by atoms with E-state index in [1.54, 1.807) is 0 Å². The zero-order valence-corrected chi connectivity index (χ0v) is 14.0. The Hall–Kier alpha value is -2.24. The van der Waals surface area contributed by atoms with E-state index in [4.69, 9.17) is 28.8 Å². The third-order valence-electron chi connectivity index (χ3n) is 4.02. The molecule has 0 radical (unpaired) electrons. The van der Waals surface area contributed by atoms with Crippen molar-refractivity contribution in [2.75, 3.05) is 0 Å². The molecule has 23 heavy (non-hydrogen) atoms. The van der Waals surface area contributed by atoms with Crippen LogP contribution in [0.5, 0.6) is 0 Å². The van der Waals surface area contributed by atoms with Gasteiger partial charge in [0.05, 0.1) is 12.8 Å². The van der Waals surface area contributed by atoms with Crippen LogP contribution in [0.3, 0.4) is 0 Å². The number of aromatic amines is 1. The number of para-hydroxylation sites is 1. The number of aryl methyl sites for hydroxylation is 1. The predicted molar refractivity (Wildman–Crippen MR) is 92.9 cm³/mol. The molecule has 0 amide bonds. The second-order valence-corrected chi connectivity index (χ2v) is 6.18. The van der Waals surface area contributed by atoms with Gasteiger partial charge in [0.15, 0.2) is 0 Å². The summed E-state index contributed by atoms with van der Waals surface area (Å²) in [5.74, 6) is 1.00. The highest BCUT2D eigenvalue weighted by molar-refractivity contribution is 7.71. The normalized spacial score (nSPS) is 13.0. The fourth-order valence-electron chi connectivity index (χ4n) is 2.94. The van der Waals surface area contributed by atoms with E-state index >= 15 is 0 Å². The van der Waals surface area contributed by atoms with E-state index in [-0.39, 0.29) is 0 Å². The van der Waals surface area contributed by atoms with Crippen LogP contribution in [0.1, 0.15) is 17.0 Å². The number of aliphatic imine (C=N–C) groups is 1. The standard InChI is InChI=1S/C17H13ClN4S/c1-21-15-10-19-16(11-6-2-4-8-13(11)18)12-7-3-5-9-14(12)22(15)17(23)20-21/h2-9H,10H2,1H3/p+1. The second kappa shape index (κ2) is 5.44. The summed E-state index contributed by atoms with van der Waals surface area (Å²) >= 11 is 11.9. The number of hydrogen-bond donors (Lipinski definition) is 1. The lowest BCUT2D eigenvalue weighted by atomic mass is 10.0. The van der Waals surface area contributed by atoms with Gasteiger partial charge in [0, 0.05) is 16.1 Å². The van der Waals surface area contributed by atoms with Crippen molar-refractivity contribution < 1.29 is 4.57 Å². The molecule has 0 saturated heterocycles. The molecule has 2 aromatic carbocycles. The zero-order chi connectivity index (χ0) is 16.0. The SMILES string of the molecule is Cn1[nH]c(=S)[n+]2c1CN=C(c1ccccc1Cl)c1ccccc1-2. The summed E-state index contributed by atoms with van der Waals surface area (Å²) in [6.07, 6.45) is 0. The van der Waals surface area contributed by atoms with Crippen molar-refractivity contribution in [1.82, 2.24) is 9.78 Å². The summed E-state index contributed by atoms with van der Waals surface area (Å²) in [5, 5.41) is 3.85. The van der Waals surface area contributed by atoms with E-state index in [9.17, 15) is 0 Å². The first-order chi connectivity index (χ1) is 11.2. The van der Waals surface area contributed by atoms with E-state index in [2.05, 4.69) is 17.2 Å². The summed E-state index contributed by atoms with van der Waals surface area (Å²) < 4.78 is 4.61. The summed E-state index contributed by atoms with van der Waals surface area (Å²) in [6, 6.07) is 15.9. The number of aromatic nitrogens is 3. The summed E-state index contributed by atoms with van der Waals surface area (Å²) in [4.78, 5) is 4.84. The van der Waals surface area contributed by atoms with Crippen molar-refractivity contribution >= 4 is 29.5 Å². The monoisotopic (exact) mass is 341 g/mol. The average Bonchev–Trinajstić information content (AvgIpc) is 2.74. The van der Waals surface area contributed by atoms with Crippen LogP contribution in [-0.2, 0) is 13.6 Å². The number of halogens is 1. The maximum Gasteiger partial charge on any atom is 0.328 e. The Labute approximate surface area is 143 Å². The first-order valence-corrected chi connectivity index (χ1v) is 8.04. The minimum atomic E-state index is 0.527. The minimum Gasteiger partial charge on any atom is -0.273 e. The molecular formula is C17H14ClN4S+. The molecule has 0 bridgehead atoms. The van der Waals surface area contributed by atoms with E-state index < -0.39 is 0 Å². The topological polar surface area (TPSA) is 37.0 Å². The first kappa shape index (κ1) is 14.4. The van der Waals surface area contributed by atoms with Crippen molar-refractivity contribution in [2.24, 2.45) is 12.0 Å². The molecule has 3 aromatic rings. The van der Waals surface area contributed by atoms with Crippen molar-refractivity contribution in [3.63, 3.8) is 0 Å². The van der Waals surface area contributed by atoms with Crippen LogP contribution in [0.15, 0.2) is 53.5 Å². The van der Waals surface area contributed by atoms with Gasteiger partial charge in [-0.05, 0) is 30.4 Å². The Bertz CT molecular complexity index is 1000. The first-order valence-electron chi connectivity index (χ1n) is 7.26. The third-order valence-corrected chi connectivity index (χ3v) is 4.62. The van der Waals surface area contributed by atoms with Gasteiger partial charge in [-0.1, -0.05) is 41.9 Å². The number of benzene rings is 2. The second-order valence-electron chi connectivity index (χ2n) is 5.39. The maximum absolute atomic E-state index is 6.41. The molecule has 4 nitrogen and oxygen atoms in total. The van der Waals surface area contributed by atoms with E-state index in [0.717, 1.165) is 28.4 Å². The lowest BCUT2D eigenvalue weighted by Crippen LogP contribution is -2.36. The molecule has 0 unspecified atom stereocenters. The molecule has 0 aliphatic carbocycles. The molecule has 0 fully saturated rings. The van der Waals surface area contributed by atoms with Crippen molar-refractivity contribution in [1.29, 1.82) is 0 Å². The van der Waals surface area contributed by atoms with Gasteiger partial charge in [-0.2, -0.15) is 9.25 Å². The van der Waals surface area contributed by atoms with E-state index in [1.165, 1.54) is 0 Å². The zero-order valence-electron chi connectivity index (χ0n) is 12.5. The molecule has 0 atom stereocenters. The summed E-state index contributed by atoms with van der Waals surface area (Å²) in [7, 11) is 1.94. The molecule has 6 heteroatoms. The number of nitrogens with zero attached hydrogens (tertiary/aromatic N) is 3. The number of H-pyrrole nitrogens is 1. The molecule has 1 aromatic heterocycles. The fourth-order valence-corrected chi connectivity index (χ4v) is 3.50. The molecule has 4 rings (SSSR count). The Kier molecular flexibility index (Phi) is 3.39. The third kappa shape index (κ3) is 2.24. The Morgan fingerprint density at radius 1 is 1.13 bits per heavy atom. The van der Waals surface area contributed by atoms with Crippen LogP contribution in [-0.4, -0.2) is 15.5 Å². The largest absolute Gasteiger partial charge is 0.328 e. The number of nitrogens with one attached hydrogen (secondary N) is 1. The van der Waals surface area contributed by atoms with Gasteiger partial charge in [-0.15, -0.1) is 5.10 Å². The van der Waals surface area contributed by atoms with E-state index in [0.29, 0.717) is 16.3 Å². The van der Waals surface area contributed by atoms with Crippen molar-refractivity contribution in [3.05, 3.63) is 75.3 Å². The highest BCUT2D eigenvalue weighted by Gasteiger charge is 2.26. The number of rotatable bonds is 1. The van der Waals surface area contributed by atoms with Crippen LogP contribution in [0.4, 0.5) is 0 Å². The molecule has 0 saturated carbocycles. The van der Waals surface area contributed by atoms with Gasteiger partial charge >= 0.3 is 4.77 Å². The van der Waals surface area contributed by atoms with Gasteiger partial charge < -0.3 is 0 Å². The average molecular weight is 342 g/mol. The molecule has 1 aliphatic rings. The molecular weight excluding hydrogens is 328 g/mol. The molecule has 0 spiro atoms. The van der Waals surface area contributed by atoms with Crippen LogP contribution < -0.4 is 4.57 Å². The number of fused-ring (bicyclic) bond motifs is 3. The van der Waals surface area contributed by atoms with E-state index in [1.807, 2.05) is 52.7 Å². The molecule has 114 valence electrons. The highest BCUT2D eigenvalue weighted by Crippen LogP contribution is 2.24. The van der Waals surface area contributed by atoms with Crippen LogP contribution >= 0.6 is 23.8 Å². The van der Waals surface area contributed by atoms with Crippen molar-refractivity contribution in [2.45, 2.75) is 6.54 Å². The summed E-state index contributed by atoms with van der Waals surface area (Å²) in [6.45, 7) is 0.527. The van der Waals surface area contributed by atoms with Crippen molar-refractivity contribution in [3.8, 4) is 5.69 Å². The van der Waals surface area contributed by atoms with Gasteiger partial charge in [-0.3, -0.25) is 4.99 Å². The molecule has 2 heterocycles. The minimum absolute atomic E-state index is 0.527. The lowest BCUT2D eigenvalue weighted by molar-refractivity contribution is -0.611. The highest BCUT2D eigenvalue weighted by atomic mass is 35.5.